The van der Waals surface area contributed by atoms with Crippen molar-refractivity contribution in [2.24, 2.45) is 0 Å². The molecule has 0 bridgehead atoms. The van der Waals surface area contributed by atoms with Gasteiger partial charge in [0.05, 0.1) is 23.4 Å². The van der Waals surface area contributed by atoms with Crippen LogP contribution in [0.1, 0.15) is 26.3 Å². The van der Waals surface area contributed by atoms with Gasteiger partial charge in [-0.3, -0.25) is 14.5 Å². The Balaban J connectivity index is 1.68. The number of carbonyl (C=O) groups excluding carboxylic acids is 2. The number of hydrogen-bond donors (Lipinski definition) is 1. The molecule has 0 unspecified atom stereocenters. The highest BCUT2D eigenvalue weighted by molar-refractivity contribution is 6.31. The van der Waals surface area contributed by atoms with E-state index in [2.05, 4.69) is 0 Å². The average molecular weight is 331 g/mol. The van der Waals surface area contributed by atoms with E-state index in [4.69, 9.17) is 22.1 Å². The van der Waals surface area contributed by atoms with Crippen molar-refractivity contribution in [1.29, 1.82) is 0 Å². The smallest absolute Gasteiger partial charge is 0.261 e. The van der Waals surface area contributed by atoms with Crippen molar-refractivity contribution in [3.63, 3.8) is 0 Å². The Morgan fingerprint density at radius 2 is 1.74 bits per heavy atom. The van der Waals surface area contributed by atoms with Crippen molar-refractivity contribution in [3.8, 4) is 5.75 Å². The first-order valence-electron chi connectivity index (χ1n) is 7.12. The highest BCUT2D eigenvalue weighted by Crippen LogP contribution is 2.29. The highest BCUT2D eigenvalue weighted by atomic mass is 35.5. The van der Waals surface area contributed by atoms with Gasteiger partial charge in [-0.25, -0.2) is 0 Å². The van der Waals surface area contributed by atoms with Crippen molar-refractivity contribution in [2.75, 3.05) is 18.9 Å². The van der Waals surface area contributed by atoms with Crippen LogP contribution in [0.3, 0.4) is 0 Å². The van der Waals surface area contributed by atoms with Gasteiger partial charge in [0.25, 0.3) is 11.8 Å². The third-order valence-corrected chi connectivity index (χ3v) is 4.15. The number of halogens is 1. The molecule has 0 spiro atoms. The van der Waals surface area contributed by atoms with Crippen LogP contribution in [-0.4, -0.2) is 29.9 Å². The van der Waals surface area contributed by atoms with Crippen LogP contribution in [0.15, 0.2) is 36.4 Å². The molecule has 23 heavy (non-hydrogen) atoms. The Morgan fingerprint density at radius 1 is 1.13 bits per heavy atom. The normalized spacial score (nSPS) is 13.4. The van der Waals surface area contributed by atoms with Gasteiger partial charge in [0.2, 0.25) is 0 Å². The van der Waals surface area contributed by atoms with Gasteiger partial charge >= 0.3 is 0 Å². The summed E-state index contributed by atoms with van der Waals surface area (Å²) in [6.07, 6.45) is 0. The lowest BCUT2D eigenvalue weighted by molar-refractivity contribution is 0.0631. The molecule has 0 aliphatic carbocycles. The summed E-state index contributed by atoms with van der Waals surface area (Å²) in [5.41, 5.74) is 8.05. The minimum atomic E-state index is -0.302. The molecule has 118 valence electrons. The molecule has 0 atom stereocenters. The van der Waals surface area contributed by atoms with Crippen molar-refractivity contribution in [2.45, 2.75) is 6.92 Å². The number of nitrogens with two attached hydrogens (primary N) is 1. The van der Waals surface area contributed by atoms with Gasteiger partial charge in [-0.15, -0.1) is 0 Å². The molecule has 0 fully saturated rings. The van der Waals surface area contributed by atoms with Gasteiger partial charge in [-0.1, -0.05) is 23.7 Å². The molecule has 0 saturated heterocycles. The third kappa shape index (κ3) is 2.75. The van der Waals surface area contributed by atoms with E-state index in [1.807, 2.05) is 6.92 Å². The molecular formula is C17H15ClN2O3. The molecule has 1 heterocycles. The summed E-state index contributed by atoms with van der Waals surface area (Å²) in [4.78, 5) is 25.6. The number of aryl methyl sites for hydroxylation is 1. The summed E-state index contributed by atoms with van der Waals surface area (Å²) in [6.45, 7) is 2.15. The molecule has 0 radical (unpaired) electrons. The molecule has 0 saturated carbocycles. The first kappa shape index (κ1) is 15.4. The minimum Gasteiger partial charge on any atom is -0.490 e. The fourth-order valence-corrected chi connectivity index (χ4v) is 2.65. The van der Waals surface area contributed by atoms with Gasteiger partial charge in [0.1, 0.15) is 12.4 Å². The lowest BCUT2D eigenvalue weighted by Crippen LogP contribution is -2.33. The summed E-state index contributed by atoms with van der Waals surface area (Å²) in [5, 5.41) is 0.551. The van der Waals surface area contributed by atoms with E-state index in [1.165, 1.54) is 4.90 Å². The van der Waals surface area contributed by atoms with E-state index in [9.17, 15) is 9.59 Å². The number of nitrogen functional groups attached to an aromatic ring is 1. The number of hydrogen-bond acceptors (Lipinski definition) is 4. The van der Waals surface area contributed by atoms with Crippen LogP contribution in [0.2, 0.25) is 5.02 Å². The second kappa shape index (κ2) is 5.93. The first-order valence-corrected chi connectivity index (χ1v) is 7.50. The van der Waals surface area contributed by atoms with E-state index in [0.29, 0.717) is 27.6 Å². The summed E-state index contributed by atoms with van der Waals surface area (Å²) in [6, 6.07) is 10.1. The molecule has 6 heteroatoms. The lowest BCUT2D eigenvalue weighted by Gasteiger charge is -2.15. The van der Waals surface area contributed by atoms with Crippen molar-refractivity contribution < 1.29 is 14.3 Å². The Morgan fingerprint density at radius 3 is 2.35 bits per heavy atom. The van der Waals surface area contributed by atoms with Gasteiger partial charge < -0.3 is 10.5 Å². The maximum atomic E-state index is 12.2. The molecule has 5 nitrogen and oxygen atoms in total. The van der Waals surface area contributed by atoms with Crippen LogP contribution in [0.25, 0.3) is 0 Å². The number of imide groups is 1. The number of benzene rings is 2. The second-order valence-corrected chi connectivity index (χ2v) is 5.70. The van der Waals surface area contributed by atoms with Gasteiger partial charge in [-0.2, -0.15) is 0 Å². The van der Waals surface area contributed by atoms with Gasteiger partial charge in [-0.05, 0) is 30.7 Å². The Hall–Kier alpha value is -2.53. The molecular weight excluding hydrogens is 316 g/mol. The van der Waals surface area contributed by atoms with Gasteiger partial charge in [0, 0.05) is 11.1 Å². The fraction of sp³-hybridized carbons (Fsp3) is 0.176. The predicted molar refractivity (Wildman–Crippen MR) is 87.9 cm³/mol. The molecule has 3 rings (SSSR count). The zero-order valence-electron chi connectivity index (χ0n) is 12.5. The van der Waals surface area contributed by atoms with E-state index in [-0.39, 0.29) is 25.0 Å². The van der Waals surface area contributed by atoms with Crippen LogP contribution in [0.4, 0.5) is 5.69 Å². The van der Waals surface area contributed by atoms with Gasteiger partial charge in [0.15, 0.2) is 0 Å². The number of ether oxygens (including phenoxy) is 1. The summed E-state index contributed by atoms with van der Waals surface area (Å²) in [7, 11) is 0. The SMILES string of the molecule is Cc1cc(N)c(OCCN2C(=O)c3ccccc3C2=O)cc1Cl. The average Bonchev–Trinajstić information content (AvgIpc) is 2.77. The minimum absolute atomic E-state index is 0.148. The number of anilines is 1. The molecule has 2 N–H and O–H groups in total. The molecule has 2 aromatic rings. The summed E-state index contributed by atoms with van der Waals surface area (Å²) >= 11 is 6.04. The number of carbonyl (C=O) groups is 2. The highest BCUT2D eigenvalue weighted by Gasteiger charge is 2.34. The van der Waals surface area contributed by atoms with E-state index >= 15 is 0 Å². The number of amides is 2. The Labute approximate surface area is 138 Å². The first-order chi connectivity index (χ1) is 11.0. The predicted octanol–water partition coefficient (Wildman–Crippen LogP) is 2.91. The van der Waals surface area contributed by atoms with Crippen LogP contribution >= 0.6 is 11.6 Å². The van der Waals surface area contributed by atoms with Crippen LogP contribution in [-0.2, 0) is 0 Å². The quantitative estimate of drug-likeness (QED) is 0.691. The van der Waals surface area contributed by atoms with Crippen LogP contribution < -0.4 is 10.5 Å². The van der Waals surface area contributed by atoms with Crippen molar-refractivity contribution >= 4 is 29.1 Å². The Kier molecular flexibility index (Phi) is 3.96. The van der Waals surface area contributed by atoms with E-state index in [1.54, 1.807) is 36.4 Å². The molecule has 0 aromatic heterocycles. The summed E-state index contributed by atoms with van der Waals surface area (Å²) in [5.74, 6) is -0.162. The number of fused-ring (bicyclic) bond motifs is 1. The molecule has 2 aromatic carbocycles. The van der Waals surface area contributed by atoms with Crippen molar-refractivity contribution in [3.05, 3.63) is 58.1 Å². The second-order valence-electron chi connectivity index (χ2n) is 5.30. The zero-order valence-corrected chi connectivity index (χ0v) is 13.3. The number of rotatable bonds is 4. The maximum absolute atomic E-state index is 12.2. The lowest BCUT2D eigenvalue weighted by atomic mass is 10.1. The maximum Gasteiger partial charge on any atom is 0.261 e. The Bertz CT molecular complexity index is 769. The molecule has 1 aliphatic rings. The topological polar surface area (TPSA) is 72.6 Å². The largest absolute Gasteiger partial charge is 0.490 e. The van der Waals surface area contributed by atoms with E-state index in [0.717, 1.165) is 5.56 Å². The van der Waals surface area contributed by atoms with Crippen molar-refractivity contribution in [1.82, 2.24) is 4.90 Å². The number of nitrogens with zero attached hydrogens (tertiary/aromatic N) is 1. The standard InChI is InChI=1S/C17H15ClN2O3/c1-10-8-14(19)15(9-13(10)18)23-7-6-20-16(21)11-4-2-3-5-12(11)17(20)22/h2-5,8-9H,6-7,19H2,1H3. The molecule has 1 aliphatic heterocycles. The van der Waals surface area contributed by atoms with Crippen LogP contribution in [0, 0.1) is 6.92 Å². The molecule has 2 amide bonds. The zero-order chi connectivity index (χ0) is 16.6. The third-order valence-electron chi connectivity index (χ3n) is 3.74. The fourth-order valence-electron chi connectivity index (χ4n) is 2.50. The monoisotopic (exact) mass is 330 g/mol. The van der Waals surface area contributed by atoms with Crippen LogP contribution in [0.5, 0.6) is 5.75 Å². The summed E-state index contributed by atoms with van der Waals surface area (Å²) < 4.78 is 5.57. The van der Waals surface area contributed by atoms with E-state index < -0.39 is 0 Å².